The van der Waals surface area contributed by atoms with Crippen LogP contribution in [0, 0.1) is 5.92 Å². The number of fused-ring (bicyclic) bond motifs is 1. The summed E-state index contributed by atoms with van der Waals surface area (Å²) in [6.45, 7) is 5.76. The first-order chi connectivity index (χ1) is 14.5. The predicted molar refractivity (Wildman–Crippen MR) is 116 cm³/mol. The van der Waals surface area contributed by atoms with Crippen LogP contribution in [0.15, 0.2) is 24.3 Å². The number of aliphatic hydroxyl groups is 1. The van der Waals surface area contributed by atoms with Gasteiger partial charge in [-0.3, -0.25) is 0 Å². The molecule has 0 saturated heterocycles. The maximum absolute atomic E-state index is 11.8. The number of carbonyl (C=O) groups excluding carboxylic acids is 1. The Balaban J connectivity index is 1.58. The smallest absolute Gasteiger partial charge is 0.337 e. The van der Waals surface area contributed by atoms with Gasteiger partial charge >= 0.3 is 5.97 Å². The summed E-state index contributed by atoms with van der Waals surface area (Å²) in [7, 11) is 1.41. The van der Waals surface area contributed by atoms with Gasteiger partial charge in [0.2, 0.25) is 5.95 Å². The van der Waals surface area contributed by atoms with Crippen LogP contribution in [0.5, 0.6) is 0 Å². The van der Waals surface area contributed by atoms with Gasteiger partial charge in [0, 0.05) is 25.1 Å². The number of ether oxygens (including phenoxy) is 1. The maximum Gasteiger partial charge on any atom is 0.337 e. The van der Waals surface area contributed by atoms with Gasteiger partial charge in [-0.05, 0) is 48.4 Å². The van der Waals surface area contributed by atoms with Crippen LogP contribution in [0.4, 0.5) is 11.8 Å². The highest BCUT2D eigenvalue weighted by Gasteiger charge is 2.28. The zero-order valence-corrected chi connectivity index (χ0v) is 17.9. The van der Waals surface area contributed by atoms with E-state index in [4.69, 9.17) is 14.7 Å². The molecule has 1 aliphatic carbocycles. The van der Waals surface area contributed by atoms with Crippen molar-refractivity contribution in [3.05, 3.63) is 46.6 Å². The molecule has 0 radical (unpaired) electrons. The van der Waals surface area contributed by atoms with Gasteiger partial charge in [0.25, 0.3) is 0 Å². The van der Waals surface area contributed by atoms with E-state index in [1.807, 2.05) is 18.2 Å². The maximum atomic E-state index is 11.8. The summed E-state index contributed by atoms with van der Waals surface area (Å²) in [5.74, 6) is 1.99. The molecule has 2 aromatic rings. The minimum Gasteiger partial charge on any atom is -0.465 e. The van der Waals surface area contributed by atoms with Crippen LogP contribution >= 0.6 is 0 Å². The molecule has 1 fully saturated rings. The molecule has 4 rings (SSSR count). The molecule has 2 heterocycles. The number of esters is 1. The lowest BCUT2D eigenvalue weighted by Crippen LogP contribution is -2.33. The van der Waals surface area contributed by atoms with Gasteiger partial charge in [-0.2, -0.15) is 4.98 Å². The third-order valence-corrected chi connectivity index (χ3v) is 6.01. The van der Waals surface area contributed by atoms with Gasteiger partial charge in [0.15, 0.2) is 0 Å². The average Bonchev–Trinajstić information content (AvgIpc) is 3.61. The summed E-state index contributed by atoms with van der Waals surface area (Å²) in [6.07, 6.45) is 3.18. The van der Waals surface area contributed by atoms with Crippen molar-refractivity contribution in [2.75, 3.05) is 30.5 Å². The Morgan fingerprint density at radius 3 is 2.73 bits per heavy atom. The molecule has 30 heavy (non-hydrogen) atoms. The van der Waals surface area contributed by atoms with Crippen molar-refractivity contribution < 1.29 is 14.6 Å². The van der Waals surface area contributed by atoms with E-state index in [-0.39, 0.29) is 24.5 Å². The van der Waals surface area contributed by atoms with Gasteiger partial charge in [-0.15, -0.1) is 0 Å². The van der Waals surface area contributed by atoms with Crippen LogP contribution in [0.2, 0.25) is 0 Å². The van der Waals surface area contributed by atoms with Crippen LogP contribution in [0.3, 0.4) is 0 Å². The molecule has 1 aromatic heterocycles. The highest BCUT2D eigenvalue weighted by molar-refractivity contribution is 5.89. The second kappa shape index (κ2) is 8.60. The fourth-order valence-corrected chi connectivity index (χ4v) is 3.85. The van der Waals surface area contributed by atoms with E-state index in [0.717, 1.165) is 31.0 Å². The Hall–Kier alpha value is -2.67. The minimum atomic E-state index is -0.301. The molecule has 0 spiro atoms. The highest BCUT2D eigenvalue weighted by Crippen LogP contribution is 2.40. The first-order valence-corrected chi connectivity index (χ1v) is 10.7. The Morgan fingerprint density at radius 1 is 1.27 bits per heavy atom. The summed E-state index contributed by atoms with van der Waals surface area (Å²) in [5, 5.41) is 13.0. The SMILES string of the molecule is COC(=O)c1ccc2c(c1)CCN(c1cc(C3CC3)nc(N[C@H](CO)C(C)C)n1)C2. The van der Waals surface area contributed by atoms with Crippen molar-refractivity contribution in [3.8, 4) is 0 Å². The molecule has 2 aliphatic rings. The number of rotatable bonds is 7. The van der Waals surface area contributed by atoms with Crippen LogP contribution in [-0.2, 0) is 17.7 Å². The number of nitrogens with zero attached hydrogens (tertiary/aromatic N) is 3. The van der Waals surface area contributed by atoms with E-state index in [2.05, 4.69) is 30.1 Å². The minimum absolute atomic E-state index is 0.0453. The largest absolute Gasteiger partial charge is 0.465 e. The monoisotopic (exact) mass is 410 g/mol. The van der Waals surface area contributed by atoms with Crippen LogP contribution < -0.4 is 10.2 Å². The van der Waals surface area contributed by atoms with E-state index >= 15 is 0 Å². The first-order valence-electron chi connectivity index (χ1n) is 10.7. The van der Waals surface area contributed by atoms with E-state index in [0.29, 0.717) is 17.4 Å². The number of carbonyl (C=O) groups is 1. The molecule has 0 amide bonds. The lowest BCUT2D eigenvalue weighted by molar-refractivity contribution is 0.0600. The van der Waals surface area contributed by atoms with Crippen molar-refractivity contribution in [2.45, 2.75) is 51.6 Å². The number of aromatic nitrogens is 2. The molecule has 0 bridgehead atoms. The van der Waals surface area contributed by atoms with E-state index < -0.39 is 0 Å². The average molecular weight is 411 g/mol. The summed E-state index contributed by atoms with van der Waals surface area (Å²) < 4.78 is 4.84. The summed E-state index contributed by atoms with van der Waals surface area (Å²) in [6, 6.07) is 7.81. The first kappa shape index (κ1) is 20.6. The number of methoxy groups -OCH3 is 1. The number of hydrogen-bond donors (Lipinski definition) is 2. The van der Waals surface area contributed by atoms with Crippen LogP contribution in [0.1, 0.15) is 59.8 Å². The molecule has 1 saturated carbocycles. The molecule has 0 unspecified atom stereocenters. The number of aliphatic hydroxyl groups excluding tert-OH is 1. The fraction of sp³-hybridized carbons (Fsp3) is 0.522. The third kappa shape index (κ3) is 4.41. The van der Waals surface area contributed by atoms with E-state index in [1.165, 1.54) is 31.1 Å². The van der Waals surface area contributed by atoms with Crippen molar-refractivity contribution in [3.63, 3.8) is 0 Å². The molecule has 7 heteroatoms. The number of anilines is 2. The van der Waals surface area contributed by atoms with Gasteiger partial charge in [0.05, 0.1) is 31.0 Å². The zero-order valence-electron chi connectivity index (χ0n) is 17.9. The molecule has 2 N–H and O–H groups in total. The molecule has 1 aliphatic heterocycles. The fourth-order valence-electron chi connectivity index (χ4n) is 3.85. The summed E-state index contributed by atoms with van der Waals surface area (Å²) >= 11 is 0. The van der Waals surface area contributed by atoms with Crippen LogP contribution in [-0.4, -0.2) is 47.3 Å². The lowest BCUT2D eigenvalue weighted by Gasteiger charge is -2.31. The standard InChI is InChI=1S/C23H30N4O3/c1-14(2)20(13-28)25-23-24-19(15-4-5-15)11-21(26-23)27-9-8-16-10-17(22(29)30-3)6-7-18(16)12-27/h6-7,10-11,14-15,20,28H,4-5,8-9,12-13H2,1-3H3,(H,24,25,26)/t20-/m1/s1. The van der Waals surface area contributed by atoms with Crippen molar-refractivity contribution in [1.82, 2.24) is 9.97 Å². The molecule has 1 aromatic carbocycles. The van der Waals surface area contributed by atoms with Crippen molar-refractivity contribution >= 4 is 17.7 Å². The number of hydrogen-bond acceptors (Lipinski definition) is 7. The summed E-state index contributed by atoms with van der Waals surface area (Å²) in [4.78, 5) is 23.6. The van der Waals surface area contributed by atoms with Gasteiger partial charge in [-0.1, -0.05) is 19.9 Å². The molecule has 1 atom stereocenters. The summed E-state index contributed by atoms with van der Waals surface area (Å²) in [5.41, 5.74) is 4.06. The number of nitrogens with one attached hydrogen (secondary N) is 1. The third-order valence-electron chi connectivity index (χ3n) is 6.01. The van der Waals surface area contributed by atoms with Gasteiger partial charge < -0.3 is 20.1 Å². The Kier molecular flexibility index (Phi) is 5.90. The predicted octanol–water partition coefficient (Wildman–Crippen LogP) is 3.13. The number of benzene rings is 1. The second-order valence-electron chi connectivity index (χ2n) is 8.57. The highest BCUT2D eigenvalue weighted by atomic mass is 16.5. The van der Waals surface area contributed by atoms with Crippen molar-refractivity contribution in [1.29, 1.82) is 0 Å². The topological polar surface area (TPSA) is 87.6 Å². The second-order valence-corrected chi connectivity index (χ2v) is 8.57. The zero-order chi connectivity index (χ0) is 21.3. The Bertz CT molecular complexity index is 927. The molecular weight excluding hydrogens is 380 g/mol. The Morgan fingerprint density at radius 2 is 2.07 bits per heavy atom. The lowest BCUT2D eigenvalue weighted by atomic mass is 9.97. The van der Waals surface area contributed by atoms with Crippen LogP contribution in [0.25, 0.3) is 0 Å². The van der Waals surface area contributed by atoms with Gasteiger partial charge in [-0.25, -0.2) is 9.78 Å². The van der Waals surface area contributed by atoms with E-state index in [9.17, 15) is 9.90 Å². The molecular formula is C23H30N4O3. The quantitative estimate of drug-likeness (QED) is 0.678. The molecule has 160 valence electrons. The van der Waals surface area contributed by atoms with E-state index in [1.54, 1.807) is 0 Å². The van der Waals surface area contributed by atoms with Crippen molar-refractivity contribution in [2.24, 2.45) is 5.92 Å². The molecule has 7 nitrogen and oxygen atoms in total. The normalized spacial score (nSPS) is 16.9. The van der Waals surface area contributed by atoms with Gasteiger partial charge in [0.1, 0.15) is 5.82 Å². The Labute approximate surface area is 177 Å².